The van der Waals surface area contributed by atoms with Crippen molar-refractivity contribution in [2.45, 2.75) is 18.2 Å². The van der Waals surface area contributed by atoms with E-state index in [4.69, 9.17) is 9.47 Å². The van der Waals surface area contributed by atoms with Crippen LogP contribution in [-0.4, -0.2) is 22.1 Å². The molecule has 1 aliphatic rings. The number of para-hydroxylation sites is 1. The molecule has 0 aromatic heterocycles. The van der Waals surface area contributed by atoms with E-state index < -0.39 is 10.0 Å². The van der Waals surface area contributed by atoms with Crippen LogP contribution in [0.5, 0.6) is 11.5 Å². The lowest BCUT2D eigenvalue weighted by Crippen LogP contribution is -2.14. The van der Waals surface area contributed by atoms with E-state index in [1.807, 2.05) is 12.1 Å². The third-order valence-electron chi connectivity index (χ3n) is 3.63. The molecule has 0 spiro atoms. The zero-order valence-corrected chi connectivity index (χ0v) is 13.2. The number of nitrogens with one attached hydrogen (secondary N) is 1. The Balaban J connectivity index is 1.96. The first-order chi connectivity index (χ1) is 10.5. The topological polar surface area (TPSA) is 64.6 Å². The summed E-state index contributed by atoms with van der Waals surface area (Å²) in [4.78, 5) is 0.226. The molecule has 116 valence electrons. The minimum absolute atomic E-state index is 0.226. The predicted octanol–water partition coefficient (Wildman–Crippen LogP) is 2.74. The number of hydrogen-bond donors (Lipinski definition) is 1. The summed E-state index contributed by atoms with van der Waals surface area (Å²) in [6, 6.07) is 10.3. The molecule has 0 saturated carbocycles. The normalized spacial score (nSPS) is 13.4. The zero-order chi connectivity index (χ0) is 15.7. The summed E-state index contributed by atoms with van der Waals surface area (Å²) in [7, 11) is -2.13. The van der Waals surface area contributed by atoms with Gasteiger partial charge in [-0.1, -0.05) is 12.1 Å². The van der Waals surface area contributed by atoms with Crippen molar-refractivity contribution in [2.75, 3.05) is 18.4 Å². The van der Waals surface area contributed by atoms with Crippen LogP contribution in [0.1, 0.15) is 11.1 Å². The Morgan fingerprint density at radius 1 is 1.23 bits per heavy atom. The minimum Gasteiger partial charge on any atom is -0.497 e. The molecule has 0 bridgehead atoms. The second-order valence-corrected chi connectivity index (χ2v) is 6.78. The van der Waals surface area contributed by atoms with Crippen LogP contribution in [0.15, 0.2) is 41.3 Å². The zero-order valence-electron chi connectivity index (χ0n) is 12.4. The van der Waals surface area contributed by atoms with Crippen molar-refractivity contribution in [1.29, 1.82) is 0 Å². The van der Waals surface area contributed by atoms with Gasteiger partial charge in [-0.05, 0) is 42.3 Å². The van der Waals surface area contributed by atoms with Crippen molar-refractivity contribution < 1.29 is 17.9 Å². The maximum atomic E-state index is 12.6. The second kappa shape index (κ2) is 5.53. The van der Waals surface area contributed by atoms with Gasteiger partial charge >= 0.3 is 0 Å². The first kappa shape index (κ1) is 14.7. The van der Waals surface area contributed by atoms with E-state index in [1.165, 1.54) is 0 Å². The lowest BCUT2D eigenvalue weighted by Gasteiger charge is -2.13. The summed E-state index contributed by atoms with van der Waals surface area (Å²) in [5, 5.41) is 0. The largest absolute Gasteiger partial charge is 0.497 e. The number of rotatable bonds is 4. The van der Waals surface area contributed by atoms with Crippen molar-refractivity contribution in [1.82, 2.24) is 0 Å². The highest BCUT2D eigenvalue weighted by Gasteiger charge is 2.22. The van der Waals surface area contributed by atoms with Gasteiger partial charge in [0.25, 0.3) is 10.0 Å². The average Bonchev–Trinajstić information content (AvgIpc) is 2.96. The van der Waals surface area contributed by atoms with Gasteiger partial charge < -0.3 is 9.47 Å². The molecule has 1 N–H and O–H groups in total. The van der Waals surface area contributed by atoms with Gasteiger partial charge in [-0.25, -0.2) is 8.42 Å². The molecule has 0 aliphatic carbocycles. The van der Waals surface area contributed by atoms with Crippen LogP contribution in [0.3, 0.4) is 0 Å². The lowest BCUT2D eigenvalue weighted by molar-refractivity contribution is 0.358. The number of aryl methyl sites for hydroxylation is 1. The third kappa shape index (κ3) is 2.62. The van der Waals surface area contributed by atoms with E-state index in [2.05, 4.69) is 4.72 Å². The van der Waals surface area contributed by atoms with E-state index in [0.29, 0.717) is 29.4 Å². The molecule has 0 saturated heterocycles. The van der Waals surface area contributed by atoms with Gasteiger partial charge in [-0.15, -0.1) is 0 Å². The molecule has 0 atom stereocenters. The molecule has 5 nitrogen and oxygen atoms in total. The smallest absolute Gasteiger partial charge is 0.262 e. The average molecular weight is 319 g/mol. The van der Waals surface area contributed by atoms with E-state index in [0.717, 1.165) is 12.0 Å². The van der Waals surface area contributed by atoms with Gasteiger partial charge in [0.05, 0.1) is 24.3 Å². The first-order valence-corrected chi connectivity index (χ1v) is 8.42. The second-order valence-electron chi connectivity index (χ2n) is 5.13. The van der Waals surface area contributed by atoms with Gasteiger partial charge in [-0.2, -0.15) is 0 Å². The number of anilines is 1. The number of ether oxygens (including phenoxy) is 2. The number of methoxy groups -OCH3 is 1. The Morgan fingerprint density at radius 2 is 2.05 bits per heavy atom. The summed E-state index contributed by atoms with van der Waals surface area (Å²) < 4.78 is 38.5. The Bertz CT molecular complexity index is 815. The van der Waals surface area contributed by atoms with Gasteiger partial charge in [-0.3, -0.25) is 4.72 Å². The molecule has 1 aliphatic heterocycles. The summed E-state index contributed by atoms with van der Waals surface area (Å²) in [6.45, 7) is 2.32. The van der Waals surface area contributed by atoms with Crippen LogP contribution < -0.4 is 14.2 Å². The molecule has 2 aromatic carbocycles. The fraction of sp³-hybridized carbons (Fsp3) is 0.250. The predicted molar refractivity (Wildman–Crippen MR) is 84.2 cm³/mol. The highest BCUT2D eigenvalue weighted by atomic mass is 32.2. The Morgan fingerprint density at radius 3 is 2.77 bits per heavy atom. The highest BCUT2D eigenvalue weighted by Crippen LogP contribution is 2.35. The maximum absolute atomic E-state index is 12.6. The first-order valence-electron chi connectivity index (χ1n) is 6.93. The molecule has 1 heterocycles. The fourth-order valence-electron chi connectivity index (χ4n) is 2.55. The number of fused-ring (bicyclic) bond motifs is 1. The molecule has 0 radical (unpaired) electrons. The van der Waals surface area contributed by atoms with Crippen molar-refractivity contribution in [3.8, 4) is 11.5 Å². The Labute approximate surface area is 129 Å². The summed E-state index contributed by atoms with van der Waals surface area (Å²) >= 11 is 0. The summed E-state index contributed by atoms with van der Waals surface area (Å²) in [5.41, 5.74) is 2.12. The van der Waals surface area contributed by atoms with Crippen molar-refractivity contribution in [3.63, 3.8) is 0 Å². The fourth-order valence-corrected chi connectivity index (χ4v) is 3.84. The lowest BCUT2D eigenvalue weighted by atomic mass is 10.1. The molecule has 22 heavy (non-hydrogen) atoms. The van der Waals surface area contributed by atoms with Crippen LogP contribution in [0, 0.1) is 6.92 Å². The van der Waals surface area contributed by atoms with Crippen molar-refractivity contribution in [3.05, 3.63) is 47.5 Å². The number of sulfonamides is 1. The van der Waals surface area contributed by atoms with Crippen molar-refractivity contribution >= 4 is 15.7 Å². The molecule has 0 amide bonds. The van der Waals surface area contributed by atoms with Gasteiger partial charge in [0, 0.05) is 6.42 Å². The van der Waals surface area contributed by atoms with E-state index in [1.54, 1.807) is 38.3 Å². The molecule has 2 aromatic rings. The van der Waals surface area contributed by atoms with Gasteiger partial charge in [0.15, 0.2) is 0 Å². The number of benzene rings is 2. The molecular weight excluding hydrogens is 302 g/mol. The van der Waals surface area contributed by atoms with E-state index >= 15 is 0 Å². The van der Waals surface area contributed by atoms with Crippen LogP contribution in [0.2, 0.25) is 0 Å². The SMILES string of the molecule is COc1ccc(S(=O)(=O)Nc2cccc3c2OCC3)c(C)c1. The molecule has 6 heteroatoms. The van der Waals surface area contributed by atoms with Gasteiger partial charge in [0.1, 0.15) is 11.5 Å². The standard InChI is InChI=1S/C16H17NO4S/c1-11-10-13(20-2)6-7-15(11)22(18,19)17-14-5-3-4-12-8-9-21-16(12)14/h3-7,10,17H,8-9H2,1-2H3. The minimum atomic E-state index is -3.68. The molecule has 3 rings (SSSR count). The Kier molecular flexibility index (Phi) is 3.70. The van der Waals surface area contributed by atoms with Gasteiger partial charge in [0.2, 0.25) is 0 Å². The Hall–Kier alpha value is -2.21. The molecular formula is C16H17NO4S. The molecule has 0 unspecified atom stereocenters. The van der Waals surface area contributed by atoms with Crippen molar-refractivity contribution in [2.24, 2.45) is 0 Å². The van der Waals surface area contributed by atoms with E-state index in [-0.39, 0.29) is 4.90 Å². The van der Waals surface area contributed by atoms with Crippen LogP contribution in [0.4, 0.5) is 5.69 Å². The number of hydrogen-bond acceptors (Lipinski definition) is 4. The van der Waals surface area contributed by atoms with Crippen LogP contribution >= 0.6 is 0 Å². The van der Waals surface area contributed by atoms with Crippen LogP contribution in [-0.2, 0) is 16.4 Å². The van der Waals surface area contributed by atoms with Crippen LogP contribution in [0.25, 0.3) is 0 Å². The highest BCUT2D eigenvalue weighted by molar-refractivity contribution is 7.92. The maximum Gasteiger partial charge on any atom is 0.262 e. The molecule has 0 fully saturated rings. The monoisotopic (exact) mass is 319 g/mol. The third-order valence-corrected chi connectivity index (χ3v) is 5.16. The quantitative estimate of drug-likeness (QED) is 0.941. The summed E-state index contributed by atoms with van der Waals surface area (Å²) in [5.74, 6) is 1.25. The summed E-state index contributed by atoms with van der Waals surface area (Å²) in [6.07, 6.45) is 0.798. The van der Waals surface area contributed by atoms with E-state index in [9.17, 15) is 8.42 Å².